The van der Waals surface area contributed by atoms with Gasteiger partial charge in [-0.1, -0.05) is 33.1 Å². The second-order valence-electron chi connectivity index (χ2n) is 10.8. The van der Waals surface area contributed by atoms with Crippen LogP contribution in [0.3, 0.4) is 0 Å². The van der Waals surface area contributed by atoms with Crippen LogP contribution >= 0.6 is 0 Å². The molecule has 0 saturated heterocycles. The Kier molecular flexibility index (Phi) is 2.96. The molecule has 0 aromatic carbocycles. The van der Waals surface area contributed by atoms with Crippen molar-refractivity contribution in [3.05, 3.63) is 0 Å². The molecule has 0 heteroatoms. The third kappa shape index (κ3) is 1.76. The van der Waals surface area contributed by atoms with Crippen molar-refractivity contribution in [1.29, 1.82) is 0 Å². The average Bonchev–Trinajstić information content (AvgIpc) is 2.80. The Labute approximate surface area is 137 Å². The molecular weight excluding hydrogens is 264 g/mol. The third-order valence-corrected chi connectivity index (χ3v) is 9.95. The Hall–Kier alpha value is 0. The molecule has 0 aliphatic heterocycles. The van der Waals surface area contributed by atoms with Crippen LogP contribution in [0.5, 0.6) is 0 Å². The number of rotatable bonds is 0. The molecule has 0 amide bonds. The van der Waals surface area contributed by atoms with E-state index in [1.165, 1.54) is 19.3 Å². The van der Waals surface area contributed by atoms with E-state index in [9.17, 15) is 0 Å². The predicted molar refractivity (Wildman–Crippen MR) is 92.6 cm³/mol. The summed E-state index contributed by atoms with van der Waals surface area (Å²) in [6.07, 6.45) is 20.5. The Bertz CT molecular complexity index is 459. The predicted octanol–water partition coefficient (Wildman–Crippen LogP) is 6.59. The van der Waals surface area contributed by atoms with Crippen LogP contribution in [0.4, 0.5) is 0 Å². The van der Waals surface area contributed by atoms with Gasteiger partial charge in [-0.15, -0.1) is 0 Å². The van der Waals surface area contributed by atoms with E-state index in [4.69, 9.17) is 0 Å². The van der Waals surface area contributed by atoms with Gasteiger partial charge < -0.3 is 0 Å². The van der Waals surface area contributed by atoms with Crippen LogP contribution in [0.2, 0.25) is 0 Å². The van der Waals surface area contributed by atoms with Gasteiger partial charge >= 0.3 is 0 Å². The Morgan fingerprint density at radius 1 is 0.727 bits per heavy atom. The third-order valence-electron chi connectivity index (χ3n) is 9.95. The Morgan fingerprint density at radius 3 is 2.36 bits per heavy atom. The lowest BCUT2D eigenvalue weighted by molar-refractivity contribution is -0.103. The lowest BCUT2D eigenvalue weighted by Gasteiger charge is -2.60. The molecule has 0 N–H and O–H groups in total. The van der Waals surface area contributed by atoms with Gasteiger partial charge in [0, 0.05) is 0 Å². The van der Waals surface area contributed by atoms with Crippen molar-refractivity contribution in [3.63, 3.8) is 0 Å². The first-order valence-corrected chi connectivity index (χ1v) is 10.5. The fourth-order valence-corrected chi connectivity index (χ4v) is 8.76. The van der Waals surface area contributed by atoms with E-state index in [0.29, 0.717) is 0 Å². The van der Waals surface area contributed by atoms with Gasteiger partial charge in [0.25, 0.3) is 0 Å². The molecule has 1 spiro atoms. The molecule has 0 nitrogen and oxygen atoms in total. The van der Waals surface area contributed by atoms with Crippen LogP contribution in [-0.2, 0) is 0 Å². The van der Waals surface area contributed by atoms with Crippen molar-refractivity contribution in [2.24, 2.45) is 39.9 Å². The zero-order chi connectivity index (χ0) is 15.0. The first-order valence-electron chi connectivity index (χ1n) is 10.5. The summed E-state index contributed by atoms with van der Waals surface area (Å²) in [6, 6.07) is 0. The number of hydrogen-bond donors (Lipinski definition) is 0. The van der Waals surface area contributed by atoms with Gasteiger partial charge in [0.2, 0.25) is 0 Å². The van der Waals surface area contributed by atoms with Gasteiger partial charge in [0.15, 0.2) is 0 Å². The molecular formula is C22H36. The molecule has 0 aromatic rings. The summed E-state index contributed by atoms with van der Waals surface area (Å²) in [5.41, 5.74) is 2.30. The van der Waals surface area contributed by atoms with Crippen LogP contribution < -0.4 is 0 Å². The lowest BCUT2D eigenvalue weighted by Crippen LogP contribution is -2.51. The molecule has 5 rings (SSSR count). The normalized spacial score (nSPS) is 55.9. The first-order chi connectivity index (χ1) is 10.5. The molecule has 22 heavy (non-hydrogen) atoms. The van der Waals surface area contributed by atoms with Gasteiger partial charge in [-0.05, 0) is 104 Å². The molecule has 5 aliphatic rings. The van der Waals surface area contributed by atoms with Gasteiger partial charge in [-0.2, -0.15) is 0 Å². The van der Waals surface area contributed by atoms with E-state index in [2.05, 4.69) is 13.8 Å². The van der Waals surface area contributed by atoms with Crippen LogP contribution in [0.1, 0.15) is 97.3 Å². The zero-order valence-electron chi connectivity index (χ0n) is 15.0. The van der Waals surface area contributed by atoms with Crippen LogP contribution in [0.15, 0.2) is 0 Å². The minimum atomic E-state index is 0.734. The van der Waals surface area contributed by atoms with Crippen LogP contribution in [0.25, 0.3) is 0 Å². The van der Waals surface area contributed by atoms with E-state index >= 15 is 0 Å². The highest BCUT2D eigenvalue weighted by atomic mass is 14.7. The molecule has 0 heterocycles. The summed E-state index contributed by atoms with van der Waals surface area (Å²) >= 11 is 0. The molecule has 124 valence electrons. The molecule has 5 aliphatic carbocycles. The largest absolute Gasteiger partial charge is 0.0593 e. The summed E-state index contributed by atoms with van der Waals surface area (Å²) in [5.74, 6) is 4.40. The fourth-order valence-electron chi connectivity index (χ4n) is 8.76. The van der Waals surface area contributed by atoms with E-state index in [1.807, 2.05) is 0 Å². The molecule has 5 fully saturated rings. The van der Waals surface area contributed by atoms with E-state index in [0.717, 1.165) is 39.9 Å². The molecule has 0 bridgehead atoms. The van der Waals surface area contributed by atoms with Crippen molar-refractivity contribution < 1.29 is 0 Å². The second kappa shape index (κ2) is 4.54. The Balaban J connectivity index is 1.46. The fraction of sp³-hybridized carbons (Fsp3) is 1.00. The van der Waals surface area contributed by atoms with Gasteiger partial charge in [0.1, 0.15) is 0 Å². The standard InChI is InChI=1S/C22H36/c1-20-13-9-18-17(19(20)14-22(15-20)11-5-12-22)8-7-16-6-3-4-10-21(16,18)2/h16-19H,3-15H2,1-2H3. The quantitative estimate of drug-likeness (QED) is 0.473. The second-order valence-corrected chi connectivity index (χ2v) is 10.8. The van der Waals surface area contributed by atoms with Crippen molar-refractivity contribution in [1.82, 2.24) is 0 Å². The minimum Gasteiger partial charge on any atom is -0.0593 e. The molecule has 0 aromatic heterocycles. The minimum absolute atomic E-state index is 0.734. The summed E-state index contributed by atoms with van der Waals surface area (Å²) in [5, 5.41) is 0. The highest BCUT2D eigenvalue weighted by Gasteiger charge is 2.62. The average molecular weight is 301 g/mol. The van der Waals surface area contributed by atoms with Crippen LogP contribution in [0, 0.1) is 39.9 Å². The van der Waals surface area contributed by atoms with Gasteiger partial charge in [-0.25, -0.2) is 0 Å². The maximum atomic E-state index is 2.73. The number of fused-ring (bicyclic) bond motifs is 5. The van der Waals surface area contributed by atoms with Crippen molar-refractivity contribution >= 4 is 0 Å². The smallest absolute Gasteiger partial charge is 0.0266 e. The number of hydrogen-bond acceptors (Lipinski definition) is 0. The maximum Gasteiger partial charge on any atom is -0.0266 e. The molecule has 0 radical (unpaired) electrons. The highest BCUT2D eigenvalue weighted by molar-refractivity contribution is 5.12. The monoisotopic (exact) mass is 300 g/mol. The van der Waals surface area contributed by atoms with Gasteiger partial charge in [0.05, 0.1) is 0 Å². The van der Waals surface area contributed by atoms with Crippen LogP contribution in [-0.4, -0.2) is 0 Å². The lowest BCUT2D eigenvalue weighted by atomic mass is 9.45. The maximum absolute atomic E-state index is 2.73. The summed E-state index contributed by atoms with van der Waals surface area (Å²) < 4.78 is 0. The highest BCUT2D eigenvalue weighted by Crippen LogP contribution is 2.71. The van der Waals surface area contributed by atoms with Crippen molar-refractivity contribution in [3.8, 4) is 0 Å². The van der Waals surface area contributed by atoms with Gasteiger partial charge in [-0.3, -0.25) is 0 Å². The summed E-state index contributed by atoms with van der Waals surface area (Å²) in [4.78, 5) is 0. The molecule has 6 atom stereocenters. The molecule has 5 saturated carbocycles. The first kappa shape index (κ1) is 14.4. The van der Waals surface area contributed by atoms with Crippen molar-refractivity contribution in [2.75, 3.05) is 0 Å². The zero-order valence-corrected chi connectivity index (χ0v) is 15.0. The summed E-state index contributed by atoms with van der Waals surface area (Å²) in [6.45, 7) is 5.43. The molecule has 6 unspecified atom stereocenters. The van der Waals surface area contributed by atoms with E-state index in [-0.39, 0.29) is 0 Å². The van der Waals surface area contributed by atoms with Crippen molar-refractivity contribution in [2.45, 2.75) is 97.3 Å². The topological polar surface area (TPSA) is 0 Å². The SMILES string of the molecule is CC12CCC3C(CCC4CCCCC43C)C1CC1(CCC1)C2. The van der Waals surface area contributed by atoms with E-state index in [1.54, 1.807) is 64.2 Å². The van der Waals surface area contributed by atoms with E-state index < -0.39 is 0 Å². The summed E-state index contributed by atoms with van der Waals surface area (Å²) in [7, 11) is 0. The Morgan fingerprint density at radius 2 is 1.59 bits per heavy atom.